The second-order valence-electron chi connectivity index (χ2n) is 17.7. The summed E-state index contributed by atoms with van der Waals surface area (Å²) in [4.78, 5) is 0. The summed E-state index contributed by atoms with van der Waals surface area (Å²) < 4.78 is 17.5. The summed E-state index contributed by atoms with van der Waals surface area (Å²) in [6.45, 7) is 6.33. The standard InChI is InChI=1S/C41H52NOPS/c1-39(2,3)45(43)42-38(35-13-12-33-8-4-5-9-34(33)20-35)36-10-6-7-11-37(36)44(40-21-27-14-28(22-40)16-29(15-27)23-40)41-24-30-17-31(25-41)19-32(18-30)26-41/h4-13,20,27-32,38,42H,14-19,21-26H2,1-3H3/t27?,28?,29?,30?,31?,32?,38-,40?,41?,44?,45?/m1/s1. The topological polar surface area (TPSA) is 29.1 Å². The Hall–Kier alpha value is -1.54. The lowest BCUT2D eigenvalue weighted by Crippen LogP contribution is -2.58. The van der Waals surface area contributed by atoms with Gasteiger partial charge in [-0.05, 0) is 177 Å². The van der Waals surface area contributed by atoms with Crippen LogP contribution in [0.3, 0.4) is 0 Å². The van der Waals surface area contributed by atoms with Gasteiger partial charge in [0.2, 0.25) is 0 Å². The predicted molar refractivity (Wildman–Crippen MR) is 192 cm³/mol. The van der Waals surface area contributed by atoms with Gasteiger partial charge in [-0.25, -0.2) is 8.93 Å². The van der Waals surface area contributed by atoms with Gasteiger partial charge in [0.1, 0.15) is 0 Å². The van der Waals surface area contributed by atoms with Crippen LogP contribution in [0.4, 0.5) is 0 Å². The Morgan fingerprint density at radius 3 is 1.64 bits per heavy atom. The van der Waals surface area contributed by atoms with E-state index in [4.69, 9.17) is 0 Å². The van der Waals surface area contributed by atoms with Gasteiger partial charge in [0.15, 0.2) is 0 Å². The number of hydrogen-bond donors (Lipinski definition) is 1. The molecule has 0 radical (unpaired) electrons. The lowest BCUT2D eigenvalue weighted by molar-refractivity contribution is 0.0195. The Labute approximate surface area is 275 Å². The Morgan fingerprint density at radius 2 is 1.13 bits per heavy atom. The third-order valence-electron chi connectivity index (χ3n) is 13.3. The van der Waals surface area contributed by atoms with Gasteiger partial charge in [-0.2, -0.15) is 0 Å². The highest BCUT2D eigenvalue weighted by molar-refractivity contribution is 7.84. The molecule has 8 bridgehead atoms. The van der Waals surface area contributed by atoms with Crippen LogP contribution in [-0.2, 0) is 11.0 Å². The molecule has 238 valence electrons. The first kappa shape index (κ1) is 29.6. The Kier molecular flexibility index (Phi) is 7.06. The first-order valence-electron chi connectivity index (χ1n) is 18.2. The fourth-order valence-corrected chi connectivity index (χ4v) is 18.8. The molecule has 0 spiro atoms. The number of nitrogens with one attached hydrogen (secondary N) is 1. The van der Waals surface area contributed by atoms with E-state index in [1.807, 2.05) is 0 Å². The van der Waals surface area contributed by atoms with Gasteiger partial charge in [0, 0.05) is 0 Å². The van der Waals surface area contributed by atoms with Crippen LogP contribution in [0.1, 0.15) is 115 Å². The zero-order chi connectivity index (χ0) is 30.6. The molecule has 45 heavy (non-hydrogen) atoms. The Bertz CT molecular complexity index is 1520. The minimum atomic E-state index is -1.19. The van der Waals surface area contributed by atoms with E-state index in [2.05, 4.69) is 92.2 Å². The van der Waals surface area contributed by atoms with Crippen molar-refractivity contribution in [1.82, 2.24) is 4.72 Å². The summed E-state index contributed by atoms with van der Waals surface area (Å²) in [6.07, 6.45) is 18.0. The number of rotatable bonds is 7. The zero-order valence-corrected chi connectivity index (χ0v) is 29.4. The molecule has 8 fully saturated rings. The molecule has 8 aliphatic rings. The first-order chi connectivity index (χ1) is 21.7. The maximum atomic E-state index is 14.0. The van der Waals surface area contributed by atoms with Crippen molar-refractivity contribution >= 4 is 35.0 Å². The molecule has 4 heteroatoms. The fourth-order valence-electron chi connectivity index (χ4n) is 12.6. The van der Waals surface area contributed by atoms with Crippen LogP contribution in [0, 0.1) is 35.5 Å². The SMILES string of the molecule is CC(C)(C)S(=O)N[C@H](c1ccc2ccccc2c1)c1ccccc1P(C12CC3CC(CC(C3)C1)C2)C12CC3CC(CC(C3)C1)C2. The van der Waals surface area contributed by atoms with Crippen molar-refractivity contribution in [2.24, 2.45) is 35.5 Å². The summed E-state index contributed by atoms with van der Waals surface area (Å²) in [6, 6.07) is 25.3. The lowest BCUT2D eigenvalue weighted by atomic mass is 9.55. The summed E-state index contributed by atoms with van der Waals surface area (Å²) >= 11 is 0. The smallest absolute Gasteiger partial charge is 0.0979 e. The number of fused-ring (bicyclic) bond motifs is 1. The van der Waals surface area contributed by atoms with Crippen molar-refractivity contribution in [1.29, 1.82) is 0 Å². The van der Waals surface area contributed by atoms with E-state index in [-0.39, 0.29) is 18.7 Å². The van der Waals surface area contributed by atoms with E-state index < -0.39 is 11.0 Å². The zero-order valence-electron chi connectivity index (χ0n) is 27.6. The van der Waals surface area contributed by atoms with Crippen molar-refractivity contribution in [3.63, 3.8) is 0 Å². The molecule has 0 aliphatic heterocycles. The van der Waals surface area contributed by atoms with Gasteiger partial charge in [0.25, 0.3) is 0 Å². The molecule has 3 aromatic rings. The quantitative estimate of drug-likeness (QED) is 0.257. The van der Waals surface area contributed by atoms with Crippen LogP contribution in [0.15, 0.2) is 66.7 Å². The van der Waals surface area contributed by atoms with E-state index in [0.29, 0.717) is 10.3 Å². The van der Waals surface area contributed by atoms with E-state index in [1.54, 1.807) is 5.30 Å². The maximum Gasteiger partial charge on any atom is 0.0979 e. The van der Waals surface area contributed by atoms with E-state index in [1.165, 1.54) is 98.9 Å². The molecule has 11 rings (SSSR count). The van der Waals surface area contributed by atoms with Gasteiger partial charge in [-0.3, -0.25) is 0 Å². The minimum Gasteiger partial charge on any atom is -0.242 e. The van der Waals surface area contributed by atoms with Gasteiger partial charge in [0.05, 0.1) is 21.8 Å². The summed E-state index contributed by atoms with van der Waals surface area (Å²) in [7, 11) is -1.56. The van der Waals surface area contributed by atoms with Crippen LogP contribution in [-0.4, -0.2) is 19.3 Å². The normalized spacial score (nSPS) is 38.5. The number of hydrogen-bond acceptors (Lipinski definition) is 1. The van der Waals surface area contributed by atoms with Gasteiger partial charge < -0.3 is 0 Å². The molecular weight excluding hydrogens is 585 g/mol. The fraction of sp³-hybridized carbons (Fsp3) is 0.610. The predicted octanol–water partition coefficient (Wildman–Crippen LogP) is 10.0. The molecule has 2 nitrogen and oxygen atoms in total. The van der Waals surface area contributed by atoms with Gasteiger partial charge >= 0.3 is 0 Å². The van der Waals surface area contributed by atoms with Crippen LogP contribution < -0.4 is 10.0 Å². The van der Waals surface area contributed by atoms with Crippen molar-refractivity contribution < 1.29 is 4.21 Å². The molecule has 0 heterocycles. The van der Waals surface area contributed by atoms with Crippen LogP contribution in [0.2, 0.25) is 0 Å². The van der Waals surface area contributed by atoms with Crippen molar-refractivity contribution in [3.05, 3.63) is 77.9 Å². The first-order valence-corrected chi connectivity index (χ1v) is 20.7. The average molecular weight is 638 g/mol. The molecule has 1 N–H and O–H groups in total. The Balaban J connectivity index is 1.23. The van der Waals surface area contributed by atoms with E-state index in [9.17, 15) is 4.21 Å². The van der Waals surface area contributed by atoms with E-state index in [0.717, 1.165) is 35.5 Å². The molecular formula is C41H52NOPS. The highest BCUT2D eigenvalue weighted by Gasteiger charge is 2.63. The molecule has 8 aliphatic carbocycles. The summed E-state index contributed by atoms with van der Waals surface area (Å²) in [5.74, 6) is 5.78. The largest absolute Gasteiger partial charge is 0.242 e. The molecule has 3 aromatic carbocycles. The lowest BCUT2D eigenvalue weighted by Gasteiger charge is -2.67. The molecule has 1 unspecified atom stereocenters. The van der Waals surface area contributed by atoms with E-state index >= 15 is 0 Å². The third kappa shape index (κ3) is 5.04. The van der Waals surface area contributed by atoms with Gasteiger partial charge in [-0.1, -0.05) is 68.6 Å². The molecule has 0 amide bonds. The second kappa shape index (κ2) is 10.7. The highest BCUT2D eigenvalue weighted by atomic mass is 32.2. The molecule has 2 atom stereocenters. The van der Waals surface area contributed by atoms with Crippen LogP contribution in [0.25, 0.3) is 10.8 Å². The minimum absolute atomic E-state index is 0.0845. The van der Waals surface area contributed by atoms with Crippen LogP contribution >= 0.6 is 7.92 Å². The monoisotopic (exact) mass is 637 g/mol. The molecule has 8 saturated carbocycles. The molecule has 0 aromatic heterocycles. The second-order valence-corrected chi connectivity index (χ2v) is 22.8. The molecule has 0 saturated heterocycles. The highest BCUT2D eigenvalue weighted by Crippen LogP contribution is 2.78. The van der Waals surface area contributed by atoms with Crippen molar-refractivity contribution in [2.45, 2.75) is 119 Å². The maximum absolute atomic E-state index is 14.0. The average Bonchev–Trinajstić information content (AvgIpc) is 2.98. The Morgan fingerprint density at radius 1 is 0.667 bits per heavy atom. The van der Waals surface area contributed by atoms with Crippen LogP contribution in [0.5, 0.6) is 0 Å². The third-order valence-corrected chi connectivity index (χ3v) is 18.8. The number of benzene rings is 3. The summed E-state index contributed by atoms with van der Waals surface area (Å²) in [5.41, 5.74) is 2.69. The van der Waals surface area contributed by atoms with Crippen molar-refractivity contribution in [3.8, 4) is 0 Å². The summed E-state index contributed by atoms with van der Waals surface area (Å²) in [5, 5.41) is 5.24. The van der Waals surface area contributed by atoms with Crippen molar-refractivity contribution in [2.75, 3.05) is 0 Å². The van der Waals surface area contributed by atoms with Gasteiger partial charge in [-0.15, -0.1) is 0 Å².